The summed E-state index contributed by atoms with van der Waals surface area (Å²) >= 11 is 14.4. The molecule has 7 heterocycles. The largest absolute Gasteiger partial charge is 0.507 e. The second-order valence-corrected chi connectivity index (χ2v) is 34.8. The van der Waals surface area contributed by atoms with Crippen molar-refractivity contribution in [1.29, 1.82) is 0 Å². The van der Waals surface area contributed by atoms with Crippen LogP contribution in [0.1, 0.15) is 175 Å². The number of amides is 8. The average molecular weight is 1900 g/mol. The number of phenolic OH excluding ortho intramolecular Hbond substituents is 3. The molecule has 11 bridgehead atoms. The zero-order valence-electron chi connectivity index (χ0n) is 73.4. The molecule has 5 aromatic rings. The van der Waals surface area contributed by atoms with E-state index in [2.05, 4.69) is 65.4 Å². The van der Waals surface area contributed by atoms with Crippen LogP contribution in [0.3, 0.4) is 0 Å². The number of likely N-dealkylation sites (N-methyl/N-ethyl adjacent to an activating group) is 1. The summed E-state index contributed by atoms with van der Waals surface area (Å²) in [6.45, 7) is 7.78. The number of carbonyl (C=O) groups is 9. The van der Waals surface area contributed by atoms with E-state index in [1.54, 1.807) is 27.7 Å². The van der Waals surface area contributed by atoms with Gasteiger partial charge in [-0.3, -0.25) is 38.4 Å². The van der Waals surface area contributed by atoms with Gasteiger partial charge >= 0.3 is 5.97 Å². The van der Waals surface area contributed by atoms with Gasteiger partial charge in [0.15, 0.2) is 36.0 Å². The van der Waals surface area contributed by atoms with Gasteiger partial charge < -0.3 is 169 Å². The van der Waals surface area contributed by atoms with Crippen molar-refractivity contribution >= 4 is 76.4 Å². The molecule has 22 atom stereocenters. The third kappa shape index (κ3) is 25.5. The molecular formula is C88H120Cl2N12O30. The minimum atomic E-state index is -2.43. The predicted molar refractivity (Wildman–Crippen MR) is 469 cm³/mol. The van der Waals surface area contributed by atoms with Gasteiger partial charge in [0.1, 0.15) is 108 Å². The number of primary amides is 1. The van der Waals surface area contributed by atoms with Gasteiger partial charge in [0.2, 0.25) is 53.4 Å². The van der Waals surface area contributed by atoms with Crippen LogP contribution in [-0.4, -0.2) is 286 Å². The highest BCUT2D eigenvalue weighted by atomic mass is 35.5. The van der Waals surface area contributed by atoms with Crippen LogP contribution in [0.2, 0.25) is 10.0 Å². The maximum Gasteiger partial charge on any atom is 0.330 e. The first kappa shape index (κ1) is 104. The number of aromatic hydroxyl groups is 3. The van der Waals surface area contributed by atoms with Crippen LogP contribution in [0.5, 0.6) is 46.0 Å². The van der Waals surface area contributed by atoms with Crippen LogP contribution in [0, 0.1) is 5.92 Å². The molecule has 132 heavy (non-hydrogen) atoms. The Morgan fingerprint density at radius 3 is 1.87 bits per heavy atom. The molecule has 8 amide bonds. The zero-order valence-corrected chi connectivity index (χ0v) is 74.9. The summed E-state index contributed by atoms with van der Waals surface area (Å²) in [6.07, 6.45) is -18.3. The van der Waals surface area contributed by atoms with E-state index < -0.39 is 297 Å². The third-order valence-corrected chi connectivity index (χ3v) is 24.3. The number of benzene rings is 5. The fourth-order valence-corrected chi connectivity index (χ4v) is 16.7. The topological polar surface area (TPSA) is 671 Å². The summed E-state index contributed by atoms with van der Waals surface area (Å²) in [5.74, 6) is -18.2. The van der Waals surface area contributed by atoms with E-state index in [9.17, 15) is 95.8 Å². The molecule has 0 unspecified atom stereocenters. The summed E-state index contributed by atoms with van der Waals surface area (Å²) in [4.78, 5) is 133. The second-order valence-electron chi connectivity index (χ2n) is 34.0. The number of hydrogen-bond donors (Lipinski definition) is 27. The number of rotatable bonds is 37. The van der Waals surface area contributed by atoms with Crippen LogP contribution < -0.4 is 78.4 Å². The molecule has 7 aliphatic heterocycles. The first-order valence-electron chi connectivity index (χ1n) is 43.7. The van der Waals surface area contributed by atoms with E-state index in [0.29, 0.717) is 13.1 Å². The number of phenols is 3. The summed E-state index contributed by atoms with van der Waals surface area (Å²) in [7, 11) is 1.46. The Labute approximate surface area is 769 Å². The molecule has 0 spiro atoms. The van der Waals surface area contributed by atoms with Gasteiger partial charge in [0.05, 0.1) is 53.5 Å². The Bertz CT molecular complexity index is 4890. The van der Waals surface area contributed by atoms with Crippen molar-refractivity contribution in [3.05, 3.63) is 116 Å². The van der Waals surface area contributed by atoms with Gasteiger partial charge in [-0.2, -0.15) is 0 Å². The number of nitrogens with one attached hydrogen (secondary N) is 11. The summed E-state index contributed by atoms with van der Waals surface area (Å²) in [5, 5.41) is 198. The molecule has 0 aliphatic carbocycles. The van der Waals surface area contributed by atoms with E-state index in [1.165, 1.54) is 38.4 Å². The Kier molecular flexibility index (Phi) is 37.3. The van der Waals surface area contributed by atoms with Gasteiger partial charge in [-0.15, -0.1) is 0 Å². The quantitative estimate of drug-likeness (QED) is 0.0223. The molecule has 5 aromatic carbocycles. The Morgan fingerprint density at radius 2 is 1.26 bits per heavy atom. The molecule has 42 nitrogen and oxygen atoms in total. The fourth-order valence-electron chi connectivity index (χ4n) is 16.3. The third-order valence-electron chi connectivity index (χ3n) is 23.7. The van der Waals surface area contributed by atoms with Crippen LogP contribution in [0.4, 0.5) is 0 Å². The molecule has 726 valence electrons. The highest BCUT2D eigenvalue weighted by Gasteiger charge is 2.53. The number of aliphatic hydroxyl groups excluding tert-OH is 11. The van der Waals surface area contributed by atoms with Crippen LogP contribution in [-0.2, 0) is 63.9 Å². The maximum atomic E-state index is 16.5. The standard InChI is InChI=1S/C88H120Cl2N12O30/c1-7-8-9-10-11-12-13-14-22-93-25-26-96-88(5)35-61(127-40(4)78(88)117)131-77-74(115)72(113)59(38-104)130-87(77)132-76-57-31-44-32-58(76)129-56-21-18-43(30-49(56)90)69(110)67-84(123)100-65(86(125)126)46-33-53(106)47(36-94-23-15-24-95-85(124)75(116)73(114)71(112)54(107)37-103)70(111)62(46)45-28-41(16-19-52(45)105)63(81(120)102-67)99-82(121)64(44)98-80(119)51(34-60(91)108)97-83(122)66(101-79(118)50(92-6)27-39(2)3)68(109)42-17-20-55(128-57)48(89)29-42/h16-21,28-33,39-40,50-51,54,59,61,63-69,71-75,77-78,87,92-94,96,103-107,109-117H,7-15,22-27,34-38H2,1-6H3,(H2,91,108)(H,95,124)(H,97,122)(H,98,119)(H,99,121)(H,100,123)(H,101,118)(H,102,120)(H,125,126)/t40-,50+,51-,54+,59+,61-,63+,64+,65-,66+,67-,68+,69+,71+,72+,73-,74-,75+,77+,78+,87-,88-/m0/s1. The molecular weight excluding hydrogens is 1780 g/mol. The number of fused-ring (bicyclic) bond motifs is 15. The lowest BCUT2D eigenvalue weighted by molar-refractivity contribution is -0.334. The highest BCUT2D eigenvalue weighted by Crippen LogP contribution is 2.51. The number of aliphatic hydroxyl groups is 11. The molecule has 0 aromatic heterocycles. The van der Waals surface area contributed by atoms with Crippen LogP contribution in [0.25, 0.3) is 11.1 Å². The highest BCUT2D eigenvalue weighted by molar-refractivity contribution is 6.32. The van der Waals surface area contributed by atoms with Crippen LogP contribution in [0.15, 0.2) is 72.8 Å². The van der Waals surface area contributed by atoms with Crippen molar-refractivity contribution in [3.63, 3.8) is 0 Å². The fraction of sp³-hybridized carbons (Fsp3) is 0.557. The van der Waals surface area contributed by atoms with E-state index in [1.807, 2.05) is 0 Å². The lowest BCUT2D eigenvalue weighted by Gasteiger charge is -2.48. The Balaban J connectivity index is 1.13. The molecule has 7 aliphatic rings. The van der Waals surface area contributed by atoms with E-state index in [-0.39, 0.29) is 55.1 Å². The summed E-state index contributed by atoms with van der Waals surface area (Å²) in [6, 6.07) is -2.35. The Hall–Kier alpha value is -10.0. The number of carbonyl (C=O) groups excluding carboxylic acids is 8. The normalized spacial score (nSPS) is 26.3. The van der Waals surface area contributed by atoms with Crippen molar-refractivity contribution < 1.29 is 148 Å². The van der Waals surface area contributed by atoms with Gasteiger partial charge in [-0.05, 0) is 136 Å². The smallest absolute Gasteiger partial charge is 0.330 e. The summed E-state index contributed by atoms with van der Waals surface area (Å²) < 4.78 is 39.5. The molecule has 0 saturated carbocycles. The number of hydrogen-bond acceptors (Lipinski definition) is 33. The first-order valence-corrected chi connectivity index (χ1v) is 44.4. The first-order chi connectivity index (χ1) is 62.7. The zero-order chi connectivity index (χ0) is 96.4. The number of nitrogens with two attached hydrogens (primary N) is 1. The maximum absolute atomic E-state index is 16.5. The predicted octanol–water partition coefficient (Wildman–Crippen LogP) is -0.501. The number of carboxylic acid groups (broad SMARTS) is 1. The lowest BCUT2D eigenvalue weighted by Crippen LogP contribution is -2.65. The van der Waals surface area contributed by atoms with Gasteiger partial charge in [0, 0.05) is 54.8 Å². The SMILES string of the molecule is CCCCCCCCCCNCCN[C@@]1(C)C[C@H](O[C@H]2[C@H](Oc3c4cc5cc3Oc3ccc(cc3Cl)[C@@H](O)[C@@H](NC(=O)[C@@H](CC(C)C)NC)C(=O)N[C@@H](CC(N)=O)C(=O)N[C@H]5C(=O)N[C@H]3C(=O)N[C@H](C(=O)N[C@H](C(=O)O)c5cc(O)c(CNCCCNC(=O)[C@H](O)[C@@H](O)[C@H](O)[C@H](O)CO)c(O)c5-c5cc3ccc5O)[C@H](O)c3ccc(c(Cl)c3)O4)O[C@H](CO)[C@@H](O)[C@@H]2O)O[C@@H](C)[C@H]1O. The van der Waals surface area contributed by atoms with Crippen molar-refractivity contribution in [2.45, 2.75) is 252 Å². The van der Waals surface area contributed by atoms with E-state index in [4.69, 9.17) is 57.4 Å². The number of carboxylic acids is 1. The number of halogens is 2. The minimum absolute atomic E-state index is 0.0140. The minimum Gasteiger partial charge on any atom is -0.507 e. The number of aliphatic carboxylic acids is 1. The second kappa shape index (κ2) is 47.3. The van der Waals surface area contributed by atoms with Gasteiger partial charge in [0.25, 0.3) is 5.91 Å². The van der Waals surface area contributed by atoms with Crippen LogP contribution >= 0.6 is 23.2 Å². The van der Waals surface area contributed by atoms with Gasteiger partial charge in [-0.1, -0.05) is 107 Å². The Morgan fingerprint density at radius 1 is 0.644 bits per heavy atom. The lowest BCUT2D eigenvalue weighted by atomic mass is 9.85. The molecule has 2 fully saturated rings. The molecule has 44 heteroatoms. The molecule has 12 rings (SSSR count). The van der Waals surface area contributed by atoms with Crippen molar-refractivity contribution in [3.8, 4) is 57.1 Å². The summed E-state index contributed by atoms with van der Waals surface area (Å²) in [5.41, 5.74) is 0.790. The van der Waals surface area contributed by atoms with E-state index >= 15 is 24.0 Å². The molecule has 28 N–H and O–H groups in total. The van der Waals surface area contributed by atoms with Gasteiger partial charge in [-0.25, -0.2) is 4.79 Å². The average Bonchev–Trinajstić information content (AvgIpc) is 0.752. The molecule has 0 radical (unpaired) electrons. The van der Waals surface area contributed by atoms with Crippen molar-refractivity contribution in [2.75, 3.05) is 53.0 Å². The monoisotopic (exact) mass is 1890 g/mol. The van der Waals surface area contributed by atoms with Crippen molar-refractivity contribution in [1.82, 2.24) is 58.5 Å². The van der Waals surface area contributed by atoms with E-state index in [0.717, 1.165) is 99.3 Å². The molecule has 2 saturated heterocycles. The van der Waals surface area contributed by atoms with Crippen molar-refractivity contribution in [2.24, 2.45) is 11.7 Å². The number of ether oxygens (including phenoxy) is 6. The number of unbranched alkanes of at least 4 members (excludes halogenated alkanes) is 7.